The zero-order valence-electron chi connectivity index (χ0n) is 27.9. The summed E-state index contributed by atoms with van der Waals surface area (Å²) in [6.45, 7) is 14.9. The van der Waals surface area contributed by atoms with E-state index in [1.54, 1.807) is 0 Å². The van der Waals surface area contributed by atoms with Gasteiger partial charge in [0.05, 0.1) is 28.7 Å². The third kappa shape index (κ3) is 8.37. The van der Waals surface area contributed by atoms with Crippen molar-refractivity contribution in [3.63, 3.8) is 0 Å². The van der Waals surface area contributed by atoms with Crippen LogP contribution in [0.1, 0.15) is 47.5 Å². The Hall–Kier alpha value is -4.57. The van der Waals surface area contributed by atoms with Crippen LogP contribution < -0.4 is 15.0 Å². The average molecular weight is 626 g/mol. The van der Waals surface area contributed by atoms with Gasteiger partial charge in [-0.25, -0.2) is 14.8 Å². The number of piperazine rings is 1. The lowest BCUT2D eigenvalue weighted by Gasteiger charge is -2.34. The number of fused-ring (bicyclic) bond motifs is 2. The first-order valence-electron chi connectivity index (χ1n) is 16.3. The number of imidazole rings is 2. The summed E-state index contributed by atoms with van der Waals surface area (Å²) in [5.41, 5.74) is 6.60. The number of hydrogen-bond donors (Lipinski definition) is 3. The van der Waals surface area contributed by atoms with Gasteiger partial charge in [-0.3, -0.25) is 0 Å². The Morgan fingerprint density at radius 2 is 1.43 bits per heavy atom. The van der Waals surface area contributed by atoms with E-state index in [0.717, 1.165) is 89.6 Å². The Kier molecular flexibility index (Phi) is 10.5. The molecule has 0 spiro atoms. The molecule has 0 aliphatic carbocycles. The van der Waals surface area contributed by atoms with Crippen molar-refractivity contribution in [2.24, 2.45) is 0 Å². The molecule has 1 fully saturated rings. The number of unbranched alkanes of at least 4 members (excludes halogenated alkanes) is 1. The number of amides is 1. The van der Waals surface area contributed by atoms with E-state index in [-0.39, 0.29) is 6.09 Å². The minimum Gasteiger partial charge on any atom is -0.494 e. The first-order valence-corrected chi connectivity index (χ1v) is 16.3. The molecule has 3 aromatic carbocycles. The number of aromatic nitrogens is 4. The van der Waals surface area contributed by atoms with E-state index in [0.29, 0.717) is 13.2 Å². The second-order valence-corrected chi connectivity index (χ2v) is 12.4. The van der Waals surface area contributed by atoms with E-state index in [1.807, 2.05) is 65.0 Å². The van der Waals surface area contributed by atoms with Crippen LogP contribution in [0.3, 0.4) is 0 Å². The number of carbonyl (C=O) groups excluding carboxylic acids is 1. The lowest BCUT2D eigenvalue weighted by atomic mass is 10.2. The van der Waals surface area contributed by atoms with Crippen LogP contribution in [0, 0.1) is 0 Å². The normalized spacial score (nSPS) is 13.8. The maximum absolute atomic E-state index is 11.7. The van der Waals surface area contributed by atoms with Crippen molar-refractivity contribution in [2.45, 2.75) is 53.1 Å². The highest BCUT2D eigenvalue weighted by atomic mass is 16.6. The maximum Gasteiger partial charge on any atom is 0.407 e. The lowest BCUT2D eigenvalue weighted by molar-refractivity contribution is 0.0526. The Morgan fingerprint density at radius 1 is 0.826 bits per heavy atom. The van der Waals surface area contributed by atoms with Crippen molar-refractivity contribution in [3.05, 3.63) is 60.7 Å². The first kappa shape index (κ1) is 32.8. The van der Waals surface area contributed by atoms with Gasteiger partial charge in [-0.1, -0.05) is 13.8 Å². The molecule has 10 heteroatoms. The Labute approximate surface area is 271 Å². The predicted molar refractivity (Wildman–Crippen MR) is 187 cm³/mol. The van der Waals surface area contributed by atoms with Gasteiger partial charge in [0, 0.05) is 49.5 Å². The third-order valence-electron chi connectivity index (χ3n) is 7.73. The van der Waals surface area contributed by atoms with Crippen LogP contribution in [0.2, 0.25) is 0 Å². The molecule has 0 atom stereocenters. The number of nitrogens with zero attached hydrogens (tertiary/aromatic N) is 4. The van der Waals surface area contributed by atoms with E-state index in [2.05, 4.69) is 62.5 Å². The molecular weight excluding hydrogens is 578 g/mol. The van der Waals surface area contributed by atoms with Gasteiger partial charge in [-0.15, -0.1) is 0 Å². The summed E-state index contributed by atoms with van der Waals surface area (Å²) in [6.07, 6.45) is 1.25. The van der Waals surface area contributed by atoms with Crippen molar-refractivity contribution < 1.29 is 14.3 Å². The van der Waals surface area contributed by atoms with Crippen molar-refractivity contribution >= 4 is 33.8 Å². The molecule has 2 aromatic heterocycles. The largest absolute Gasteiger partial charge is 0.494 e. The predicted octanol–water partition coefficient (Wildman–Crippen LogP) is 7.23. The zero-order valence-corrected chi connectivity index (χ0v) is 27.9. The Morgan fingerprint density at radius 3 is 2.11 bits per heavy atom. The van der Waals surface area contributed by atoms with Gasteiger partial charge >= 0.3 is 6.09 Å². The standard InChI is InChI=1S/C34H41N7O3.C2H6/c1-34(2,3)44-33(42)35-15-5-6-20-43-26-11-7-23(8-12-26)31-36-27-13-9-24(21-29(27)38-31)32-37-28-14-10-25(22-30(28)39-32)41-18-16-40(4)17-19-41;1-2/h7-14,21-22H,5-6,15-20H2,1-4H3,(H,35,42)(H,36,38)(H,37,39);1-2H3. The van der Waals surface area contributed by atoms with Gasteiger partial charge in [-0.2, -0.15) is 0 Å². The second kappa shape index (κ2) is 14.7. The molecule has 10 nitrogen and oxygen atoms in total. The molecule has 1 saturated heterocycles. The number of carbonyl (C=O) groups is 1. The minimum absolute atomic E-state index is 0.388. The van der Waals surface area contributed by atoms with E-state index in [4.69, 9.17) is 19.4 Å². The van der Waals surface area contributed by atoms with Gasteiger partial charge in [0.25, 0.3) is 0 Å². The number of anilines is 1. The fourth-order valence-electron chi connectivity index (χ4n) is 5.32. The van der Waals surface area contributed by atoms with Gasteiger partial charge in [-0.05, 0) is 101 Å². The number of H-pyrrole nitrogens is 2. The Bertz CT molecular complexity index is 1730. The number of likely N-dealkylation sites (N-methyl/N-ethyl adjacent to an activating group) is 1. The summed E-state index contributed by atoms with van der Waals surface area (Å²) < 4.78 is 11.1. The van der Waals surface area contributed by atoms with E-state index in [9.17, 15) is 4.79 Å². The molecule has 0 saturated carbocycles. The third-order valence-corrected chi connectivity index (χ3v) is 7.73. The van der Waals surface area contributed by atoms with Crippen LogP contribution in [-0.2, 0) is 4.74 Å². The van der Waals surface area contributed by atoms with Crippen molar-refractivity contribution in [1.82, 2.24) is 30.2 Å². The smallest absolute Gasteiger partial charge is 0.407 e. The molecule has 3 heterocycles. The van der Waals surface area contributed by atoms with Crippen LogP contribution in [0.4, 0.5) is 10.5 Å². The number of ether oxygens (including phenoxy) is 2. The molecule has 1 amide bonds. The van der Waals surface area contributed by atoms with Crippen LogP contribution in [-0.4, -0.2) is 82.9 Å². The van der Waals surface area contributed by atoms with Crippen molar-refractivity contribution in [2.75, 3.05) is 51.3 Å². The highest BCUT2D eigenvalue weighted by molar-refractivity contribution is 5.87. The second-order valence-electron chi connectivity index (χ2n) is 12.4. The minimum atomic E-state index is -0.490. The quantitative estimate of drug-likeness (QED) is 0.148. The fourth-order valence-corrected chi connectivity index (χ4v) is 5.32. The monoisotopic (exact) mass is 625 g/mol. The van der Waals surface area contributed by atoms with Crippen molar-refractivity contribution in [3.8, 4) is 28.5 Å². The first-order chi connectivity index (χ1) is 22.2. The van der Waals surface area contributed by atoms with Crippen LogP contribution in [0.5, 0.6) is 5.75 Å². The number of nitrogens with one attached hydrogen (secondary N) is 3. The maximum atomic E-state index is 11.7. The molecular formula is C36H47N7O3. The van der Waals surface area contributed by atoms with Gasteiger partial charge in [0.2, 0.25) is 0 Å². The highest BCUT2D eigenvalue weighted by Gasteiger charge is 2.17. The molecule has 1 aliphatic rings. The SMILES string of the molecule is CC.CN1CCN(c2ccc3nc(-c4ccc5nc(-c6ccc(OCCCCNC(=O)OC(C)(C)C)cc6)[nH]c5c4)[nH]c3c2)CC1. The summed E-state index contributed by atoms with van der Waals surface area (Å²) in [5.74, 6) is 2.45. The molecule has 46 heavy (non-hydrogen) atoms. The van der Waals surface area contributed by atoms with Crippen LogP contribution >= 0.6 is 0 Å². The van der Waals surface area contributed by atoms with Gasteiger partial charge in [0.1, 0.15) is 23.0 Å². The molecule has 6 rings (SSSR count). The summed E-state index contributed by atoms with van der Waals surface area (Å²) in [7, 11) is 2.17. The molecule has 1 aliphatic heterocycles. The Balaban J connectivity index is 0.00000204. The average Bonchev–Trinajstić information content (AvgIpc) is 3.67. The van der Waals surface area contributed by atoms with E-state index in [1.165, 1.54) is 5.69 Å². The molecule has 0 radical (unpaired) electrons. The highest BCUT2D eigenvalue weighted by Crippen LogP contribution is 2.29. The topological polar surface area (TPSA) is 111 Å². The zero-order chi connectivity index (χ0) is 32.7. The molecule has 244 valence electrons. The van der Waals surface area contributed by atoms with Crippen LogP contribution in [0.15, 0.2) is 60.7 Å². The molecule has 0 unspecified atom stereocenters. The molecule has 0 bridgehead atoms. The van der Waals surface area contributed by atoms with E-state index >= 15 is 0 Å². The van der Waals surface area contributed by atoms with E-state index < -0.39 is 5.60 Å². The fraction of sp³-hybridized carbons (Fsp3) is 0.417. The number of benzene rings is 3. The number of rotatable bonds is 9. The summed E-state index contributed by atoms with van der Waals surface area (Å²) in [6, 6.07) is 20.6. The van der Waals surface area contributed by atoms with Gasteiger partial charge < -0.3 is 34.6 Å². The number of hydrogen-bond acceptors (Lipinski definition) is 7. The van der Waals surface area contributed by atoms with Crippen molar-refractivity contribution in [1.29, 1.82) is 0 Å². The molecule has 3 N–H and O–H groups in total. The summed E-state index contributed by atoms with van der Waals surface area (Å²) >= 11 is 0. The van der Waals surface area contributed by atoms with Crippen LogP contribution in [0.25, 0.3) is 44.8 Å². The summed E-state index contributed by atoms with van der Waals surface area (Å²) in [4.78, 5) is 33.2. The van der Waals surface area contributed by atoms with Gasteiger partial charge in [0.15, 0.2) is 0 Å². The molecule has 5 aromatic rings. The number of aromatic amines is 2. The summed E-state index contributed by atoms with van der Waals surface area (Å²) in [5, 5.41) is 2.77. The number of alkyl carbamates (subject to hydrolysis) is 1. The lowest BCUT2D eigenvalue weighted by Crippen LogP contribution is -2.44.